The van der Waals surface area contributed by atoms with Gasteiger partial charge >= 0.3 is 0 Å². The van der Waals surface area contributed by atoms with Crippen LogP contribution in [0.3, 0.4) is 0 Å². The minimum atomic E-state index is 0. The molecule has 5 nitrogen and oxygen atoms in total. The van der Waals surface area contributed by atoms with Crippen LogP contribution in [0.5, 0.6) is 0 Å². The van der Waals surface area contributed by atoms with Crippen molar-refractivity contribution >= 4 is 35.6 Å². The van der Waals surface area contributed by atoms with E-state index in [1.54, 1.807) is 11.8 Å². The van der Waals surface area contributed by atoms with Crippen molar-refractivity contribution in [3.05, 3.63) is 23.8 Å². The van der Waals surface area contributed by atoms with Gasteiger partial charge in [-0.2, -0.15) is 0 Å². The van der Waals surface area contributed by atoms with Crippen molar-refractivity contribution in [3.63, 3.8) is 0 Å². The predicted molar refractivity (Wildman–Crippen MR) is 98.9 cm³/mol. The highest BCUT2D eigenvalue weighted by molar-refractivity contribution is 5.95. The standard InChI is InChI=1S/C18H25N3O2.ClH/c1-13(22)21-11-8-15-12-16(3-4-17(15)21)20-18(23)5-2-14-6-9-19-10-7-14;/h3-4,12,14,19H,2,5-11H2,1H3,(H,20,23);1H. The number of halogens is 1. The van der Waals surface area contributed by atoms with Gasteiger partial charge in [-0.3, -0.25) is 9.59 Å². The lowest BCUT2D eigenvalue weighted by Gasteiger charge is -2.22. The van der Waals surface area contributed by atoms with Crippen molar-refractivity contribution in [1.29, 1.82) is 0 Å². The second-order valence-corrected chi connectivity index (χ2v) is 6.54. The summed E-state index contributed by atoms with van der Waals surface area (Å²) >= 11 is 0. The molecule has 3 rings (SSSR count). The van der Waals surface area contributed by atoms with Gasteiger partial charge in [0.1, 0.15) is 0 Å². The van der Waals surface area contributed by atoms with Crippen molar-refractivity contribution in [3.8, 4) is 0 Å². The Bertz CT molecular complexity index is 600. The number of anilines is 2. The number of piperidine rings is 1. The maximum Gasteiger partial charge on any atom is 0.224 e. The fourth-order valence-corrected chi connectivity index (χ4v) is 3.54. The maximum absolute atomic E-state index is 12.1. The first-order chi connectivity index (χ1) is 11.1. The van der Waals surface area contributed by atoms with Gasteiger partial charge in [-0.1, -0.05) is 0 Å². The minimum absolute atomic E-state index is 0. The zero-order chi connectivity index (χ0) is 16.2. The number of hydrogen-bond donors (Lipinski definition) is 2. The molecule has 1 aromatic carbocycles. The van der Waals surface area contributed by atoms with Gasteiger partial charge in [0.05, 0.1) is 0 Å². The summed E-state index contributed by atoms with van der Waals surface area (Å²) in [6, 6.07) is 5.83. The average Bonchev–Trinajstić information content (AvgIpc) is 2.97. The third-order valence-electron chi connectivity index (χ3n) is 4.88. The van der Waals surface area contributed by atoms with Gasteiger partial charge < -0.3 is 15.5 Å². The molecule has 6 heteroatoms. The second-order valence-electron chi connectivity index (χ2n) is 6.54. The molecule has 2 amide bonds. The molecule has 1 saturated heterocycles. The van der Waals surface area contributed by atoms with Gasteiger partial charge in [-0.25, -0.2) is 0 Å². The van der Waals surface area contributed by atoms with E-state index in [0.29, 0.717) is 12.3 Å². The van der Waals surface area contributed by atoms with E-state index in [1.165, 1.54) is 12.8 Å². The molecule has 0 aromatic heterocycles. The number of benzene rings is 1. The molecule has 0 unspecified atom stereocenters. The van der Waals surface area contributed by atoms with E-state index in [9.17, 15) is 9.59 Å². The molecular formula is C18H26ClN3O2. The fourth-order valence-electron chi connectivity index (χ4n) is 3.54. The van der Waals surface area contributed by atoms with Gasteiger partial charge in [0.2, 0.25) is 11.8 Å². The minimum Gasteiger partial charge on any atom is -0.326 e. The van der Waals surface area contributed by atoms with Gasteiger partial charge in [-0.15, -0.1) is 12.4 Å². The summed E-state index contributed by atoms with van der Waals surface area (Å²) in [4.78, 5) is 25.5. The molecule has 24 heavy (non-hydrogen) atoms. The van der Waals surface area contributed by atoms with Crippen molar-refractivity contribution in [2.45, 2.75) is 39.0 Å². The predicted octanol–water partition coefficient (Wildman–Crippen LogP) is 2.74. The molecule has 132 valence electrons. The van der Waals surface area contributed by atoms with Gasteiger partial charge in [0.15, 0.2) is 0 Å². The molecule has 0 spiro atoms. The quantitative estimate of drug-likeness (QED) is 0.876. The number of nitrogens with one attached hydrogen (secondary N) is 2. The molecule has 0 bridgehead atoms. The Morgan fingerprint density at radius 3 is 2.75 bits per heavy atom. The Kier molecular flexibility index (Phi) is 6.63. The first kappa shape index (κ1) is 18.7. The lowest BCUT2D eigenvalue weighted by atomic mass is 9.93. The van der Waals surface area contributed by atoms with Crippen molar-refractivity contribution in [2.24, 2.45) is 5.92 Å². The zero-order valence-corrected chi connectivity index (χ0v) is 15.0. The molecule has 2 aliphatic heterocycles. The summed E-state index contributed by atoms with van der Waals surface area (Å²) < 4.78 is 0. The highest BCUT2D eigenvalue weighted by Gasteiger charge is 2.22. The third-order valence-corrected chi connectivity index (χ3v) is 4.88. The Morgan fingerprint density at radius 2 is 2.04 bits per heavy atom. The van der Waals surface area contributed by atoms with E-state index >= 15 is 0 Å². The summed E-state index contributed by atoms with van der Waals surface area (Å²) in [6.07, 6.45) is 4.76. The summed E-state index contributed by atoms with van der Waals surface area (Å²) in [5.74, 6) is 0.832. The van der Waals surface area contributed by atoms with Crippen LogP contribution in [-0.4, -0.2) is 31.4 Å². The van der Waals surface area contributed by atoms with Crippen LogP contribution < -0.4 is 15.5 Å². The molecule has 2 heterocycles. The average molecular weight is 352 g/mol. The van der Waals surface area contributed by atoms with Gasteiger partial charge in [0, 0.05) is 31.3 Å². The molecule has 0 radical (unpaired) electrons. The SMILES string of the molecule is CC(=O)N1CCc2cc(NC(=O)CCC3CCNCC3)ccc21.Cl. The zero-order valence-electron chi connectivity index (χ0n) is 14.1. The molecule has 1 fully saturated rings. The van der Waals surface area contributed by atoms with Crippen molar-refractivity contribution < 1.29 is 9.59 Å². The summed E-state index contributed by atoms with van der Waals surface area (Å²) in [5, 5.41) is 6.35. The van der Waals surface area contributed by atoms with E-state index in [1.807, 2.05) is 18.2 Å². The Balaban J connectivity index is 0.00000208. The molecule has 1 aromatic rings. The number of carbonyl (C=O) groups is 2. The number of nitrogens with zero attached hydrogens (tertiary/aromatic N) is 1. The smallest absolute Gasteiger partial charge is 0.224 e. The largest absolute Gasteiger partial charge is 0.326 e. The van der Waals surface area contributed by atoms with Crippen LogP contribution >= 0.6 is 12.4 Å². The monoisotopic (exact) mass is 351 g/mol. The lowest BCUT2D eigenvalue weighted by molar-refractivity contribution is -0.117. The van der Waals surface area contributed by atoms with Crippen molar-refractivity contribution in [2.75, 3.05) is 29.9 Å². The topological polar surface area (TPSA) is 61.4 Å². The van der Waals surface area contributed by atoms with Crippen LogP contribution in [0, 0.1) is 5.92 Å². The van der Waals surface area contributed by atoms with E-state index in [-0.39, 0.29) is 24.2 Å². The molecule has 2 aliphatic rings. The highest BCUT2D eigenvalue weighted by Crippen LogP contribution is 2.30. The molecular weight excluding hydrogens is 326 g/mol. The van der Waals surface area contributed by atoms with Crippen molar-refractivity contribution in [1.82, 2.24) is 5.32 Å². The first-order valence-electron chi connectivity index (χ1n) is 8.55. The molecule has 2 N–H and O–H groups in total. The summed E-state index contributed by atoms with van der Waals surface area (Å²) in [5.41, 5.74) is 2.95. The molecule has 0 atom stereocenters. The van der Waals surface area contributed by atoms with Crippen LogP contribution in [0.15, 0.2) is 18.2 Å². The lowest BCUT2D eigenvalue weighted by Crippen LogP contribution is -2.28. The maximum atomic E-state index is 12.1. The summed E-state index contributed by atoms with van der Waals surface area (Å²) in [7, 11) is 0. The third kappa shape index (κ3) is 4.48. The number of rotatable bonds is 4. The van der Waals surface area contributed by atoms with Crippen LogP contribution in [0.4, 0.5) is 11.4 Å². The number of amides is 2. The normalized spacial score (nSPS) is 17.1. The second kappa shape index (κ2) is 8.49. The number of fused-ring (bicyclic) bond motifs is 1. The molecule has 0 aliphatic carbocycles. The Labute approximate surface area is 149 Å². The molecule has 0 saturated carbocycles. The van der Waals surface area contributed by atoms with Crippen LogP contribution in [0.1, 0.15) is 38.2 Å². The van der Waals surface area contributed by atoms with Crippen LogP contribution in [0.25, 0.3) is 0 Å². The summed E-state index contributed by atoms with van der Waals surface area (Å²) in [6.45, 7) is 4.47. The fraction of sp³-hybridized carbons (Fsp3) is 0.556. The highest BCUT2D eigenvalue weighted by atomic mass is 35.5. The van der Waals surface area contributed by atoms with Crippen LogP contribution in [-0.2, 0) is 16.0 Å². The van der Waals surface area contributed by atoms with E-state index in [4.69, 9.17) is 0 Å². The number of carbonyl (C=O) groups excluding carboxylic acids is 2. The van der Waals surface area contributed by atoms with Gasteiger partial charge in [0.25, 0.3) is 0 Å². The Morgan fingerprint density at radius 1 is 1.29 bits per heavy atom. The van der Waals surface area contributed by atoms with E-state index in [2.05, 4.69) is 10.6 Å². The van der Waals surface area contributed by atoms with Crippen LogP contribution in [0.2, 0.25) is 0 Å². The first-order valence-corrected chi connectivity index (χ1v) is 8.55. The Hall–Kier alpha value is -1.59. The van der Waals surface area contributed by atoms with Gasteiger partial charge in [-0.05, 0) is 68.5 Å². The van der Waals surface area contributed by atoms with E-state index < -0.39 is 0 Å². The number of hydrogen-bond acceptors (Lipinski definition) is 3. The van der Waals surface area contributed by atoms with E-state index in [0.717, 1.165) is 49.4 Å².